The Kier molecular flexibility index (Phi) is 5.92. The van der Waals surface area contributed by atoms with Crippen molar-refractivity contribution in [3.8, 4) is 0 Å². The molecular weight excluding hydrogens is 356 g/mol. The number of carbonyl (C=O) groups excluding carboxylic acids is 2. The molecule has 1 fully saturated rings. The maximum Gasteiger partial charge on any atom is 0.359 e. The standard InChI is InChI=1S/C21H26N4O3/c1-13-11-14(2)19(15(3)12-13)22-20(26)16(4)28-21(27)17-7-8-18(24-23-17)25-9-5-6-10-25/h7-8,11-12,16H,5-6,9-10H2,1-4H3,(H,22,26). The molecule has 1 atom stereocenters. The van der Waals surface area contributed by atoms with Crippen molar-refractivity contribution in [3.05, 3.63) is 46.6 Å². The van der Waals surface area contributed by atoms with Gasteiger partial charge in [-0.2, -0.15) is 0 Å². The largest absolute Gasteiger partial charge is 0.448 e. The molecule has 0 radical (unpaired) electrons. The van der Waals surface area contributed by atoms with Gasteiger partial charge in [-0.15, -0.1) is 10.2 Å². The van der Waals surface area contributed by atoms with E-state index in [4.69, 9.17) is 4.74 Å². The topological polar surface area (TPSA) is 84.4 Å². The normalized spacial score (nSPS) is 14.6. The third-order valence-corrected chi connectivity index (χ3v) is 4.87. The van der Waals surface area contributed by atoms with Gasteiger partial charge in [-0.25, -0.2) is 4.79 Å². The van der Waals surface area contributed by atoms with Gasteiger partial charge in [0.2, 0.25) is 0 Å². The number of carbonyl (C=O) groups is 2. The van der Waals surface area contributed by atoms with Crippen molar-refractivity contribution in [2.45, 2.75) is 46.6 Å². The predicted molar refractivity (Wildman–Crippen MR) is 108 cm³/mol. The van der Waals surface area contributed by atoms with Gasteiger partial charge < -0.3 is 15.0 Å². The second kappa shape index (κ2) is 8.37. The summed E-state index contributed by atoms with van der Waals surface area (Å²) in [6, 6.07) is 7.34. The Bertz CT molecular complexity index is 851. The van der Waals surface area contributed by atoms with Crippen molar-refractivity contribution in [2.75, 3.05) is 23.3 Å². The molecule has 28 heavy (non-hydrogen) atoms. The Morgan fingerprint density at radius 1 is 1.07 bits per heavy atom. The first-order valence-electron chi connectivity index (χ1n) is 9.53. The molecule has 7 heteroatoms. The van der Waals surface area contributed by atoms with Crippen molar-refractivity contribution in [3.63, 3.8) is 0 Å². The average molecular weight is 382 g/mol. The zero-order valence-electron chi connectivity index (χ0n) is 16.8. The lowest BCUT2D eigenvalue weighted by Crippen LogP contribution is -2.31. The van der Waals surface area contributed by atoms with Crippen LogP contribution < -0.4 is 10.2 Å². The van der Waals surface area contributed by atoms with E-state index in [0.717, 1.165) is 54.1 Å². The van der Waals surface area contributed by atoms with Gasteiger partial charge in [-0.3, -0.25) is 4.79 Å². The van der Waals surface area contributed by atoms with E-state index in [-0.39, 0.29) is 11.6 Å². The van der Waals surface area contributed by atoms with Crippen LogP contribution in [0.5, 0.6) is 0 Å². The van der Waals surface area contributed by atoms with Gasteiger partial charge in [0.25, 0.3) is 5.91 Å². The minimum atomic E-state index is -0.951. The SMILES string of the molecule is Cc1cc(C)c(NC(=O)C(C)OC(=O)c2ccc(N3CCCC3)nn2)c(C)c1. The minimum Gasteiger partial charge on any atom is -0.448 e. The highest BCUT2D eigenvalue weighted by atomic mass is 16.5. The zero-order chi connectivity index (χ0) is 20.3. The average Bonchev–Trinajstić information content (AvgIpc) is 3.19. The van der Waals surface area contributed by atoms with Crippen LogP contribution in [0, 0.1) is 20.8 Å². The first kappa shape index (κ1) is 19.8. The van der Waals surface area contributed by atoms with Crippen molar-refractivity contribution in [2.24, 2.45) is 0 Å². The van der Waals surface area contributed by atoms with Gasteiger partial charge in [0.1, 0.15) is 0 Å². The van der Waals surface area contributed by atoms with E-state index in [2.05, 4.69) is 20.4 Å². The highest BCUT2D eigenvalue weighted by Gasteiger charge is 2.22. The monoisotopic (exact) mass is 382 g/mol. The van der Waals surface area contributed by atoms with E-state index in [1.807, 2.05) is 32.9 Å². The number of benzene rings is 1. The number of rotatable bonds is 5. The fourth-order valence-corrected chi connectivity index (χ4v) is 3.43. The van der Waals surface area contributed by atoms with Crippen LogP contribution in [-0.4, -0.2) is 41.3 Å². The molecule has 3 rings (SSSR count). The third kappa shape index (κ3) is 4.47. The Labute approximate surface area is 165 Å². The number of aryl methyl sites for hydroxylation is 3. The van der Waals surface area contributed by atoms with Crippen LogP contribution in [-0.2, 0) is 9.53 Å². The molecule has 1 aromatic heterocycles. The Morgan fingerprint density at radius 2 is 1.71 bits per heavy atom. The Morgan fingerprint density at radius 3 is 2.29 bits per heavy atom. The molecule has 1 unspecified atom stereocenters. The van der Waals surface area contributed by atoms with Gasteiger partial charge in [0.15, 0.2) is 17.6 Å². The molecule has 1 N–H and O–H groups in total. The Balaban J connectivity index is 1.61. The van der Waals surface area contributed by atoms with Gasteiger partial charge in [0.05, 0.1) is 0 Å². The number of hydrogen-bond donors (Lipinski definition) is 1. The number of anilines is 2. The second-order valence-electron chi connectivity index (χ2n) is 7.28. The second-order valence-corrected chi connectivity index (χ2v) is 7.28. The maximum absolute atomic E-state index is 12.5. The quantitative estimate of drug-likeness (QED) is 0.800. The zero-order valence-corrected chi connectivity index (χ0v) is 16.8. The van der Waals surface area contributed by atoms with Gasteiger partial charge >= 0.3 is 5.97 Å². The molecule has 2 heterocycles. The molecule has 1 aliphatic heterocycles. The third-order valence-electron chi connectivity index (χ3n) is 4.87. The van der Waals surface area contributed by atoms with Crippen LogP contribution in [0.25, 0.3) is 0 Å². The van der Waals surface area contributed by atoms with E-state index in [1.54, 1.807) is 12.1 Å². The van der Waals surface area contributed by atoms with Crippen molar-refractivity contribution >= 4 is 23.4 Å². The van der Waals surface area contributed by atoms with Crippen molar-refractivity contribution in [1.29, 1.82) is 0 Å². The van der Waals surface area contributed by atoms with Crippen LogP contribution in [0.2, 0.25) is 0 Å². The lowest BCUT2D eigenvalue weighted by molar-refractivity contribution is -0.123. The maximum atomic E-state index is 12.5. The predicted octanol–water partition coefficient (Wildman–Crippen LogP) is 3.19. The van der Waals surface area contributed by atoms with E-state index in [1.165, 1.54) is 6.92 Å². The molecule has 0 spiro atoms. The summed E-state index contributed by atoms with van der Waals surface area (Å²) in [4.78, 5) is 26.9. The smallest absolute Gasteiger partial charge is 0.359 e. The number of hydrogen-bond acceptors (Lipinski definition) is 6. The summed E-state index contributed by atoms with van der Waals surface area (Å²) in [7, 11) is 0. The Hall–Kier alpha value is -2.96. The lowest BCUT2D eigenvalue weighted by atomic mass is 10.0. The molecule has 1 saturated heterocycles. The van der Waals surface area contributed by atoms with Crippen molar-refractivity contribution in [1.82, 2.24) is 10.2 Å². The van der Waals surface area contributed by atoms with E-state index < -0.39 is 12.1 Å². The molecule has 2 aromatic rings. The van der Waals surface area contributed by atoms with Gasteiger partial charge in [-0.1, -0.05) is 17.7 Å². The highest BCUT2D eigenvalue weighted by molar-refractivity contribution is 5.97. The number of nitrogens with zero attached hydrogens (tertiary/aromatic N) is 3. The number of nitrogens with one attached hydrogen (secondary N) is 1. The molecule has 148 valence electrons. The summed E-state index contributed by atoms with van der Waals surface area (Å²) in [6.07, 6.45) is 1.32. The fraction of sp³-hybridized carbons (Fsp3) is 0.429. The summed E-state index contributed by atoms with van der Waals surface area (Å²) in [5, 5.41) is 10.9. The van der Waals surface area contributed by atoms with Crippen LogP contribution in [0.1, 0.15) is 46.9 Å². The molecule has 7 nitrogen and oxygen atoms in total. The summed E-state index contributed by atoms with van der Waals surface area (Å²) in [6.45, 7) is 9.32. The summed E-state index contributed by atoms with van der Waals surface area (Å²) < 4.78 is 5.27. The molecule has 1 amide bonds. The van der Waals surface area contributed by atoms with E-state index >= 15 is 0 Å². The minimum absolute atomic E-state index is 0.0882. The number of ether oxygens (including phenoxy) is 1. The first-order valence-corrected chi connectivity index (χ1v) is 9.53. The highest BCUT2D eigenvalue weighted by Crippen LogP contribution is 2.22. The fourth-order valence-electron chi connectivity index (χ4n) is 3.43. The van der Waals surface area contributed by atoms with Gasteiger partial charge in [0, 0.05) is 18.8 Å². The molecular formula is C21H26N4O3. The van der Waals surface area contributed by atoms with Crippen LogP contribution in [0.3, 0.4) is 0 Å². The molecule has 0 bridgehead atoms. The summed E-state index contributed by atoms with van der Waals surface area (Å²) in [5.74, 6) is -0.296. The number of esters is 1. The van der Waals surface area contributed by atoms with Crippen molar-refractivity contribution < 1.29 is 14.3 Å². The molecule has 1 aromatic carbocycles. The molecule has 0 aliphatic carbocycles. The summed E-state index contributed by atoms with van der Waals surface area (Å²) >= 11 is 0. The summed E-state index contributed by atoms with van der Waals surface area (Å²) in [5.41, 5.74) is 3.89. The van der Waals surface area contributed by atoms with Crippen LogP contribution in [0.4, 0.5) is 11.5 Å². The van der Waals surface area contributed by atoms with E-state index in [9.17, 15) is 9.59 Å². The number of amides is 1. The molecule has 0 saturated carbocycles. The van der Waals surface area contributed by atoms with Crippen LogP contribution in [0.15, 0.2) is 24.3 Å². The molecule has 1 aliphatic rings. The lowest BCUT2D eigenvalue weighted by Gasteiger charge is -2.17. The van der Waals surface area contributed by atoms with E-state index in [0.29, 0.717) is 0 Å². The number of aromatic nitrogens is 2. The van der Waals surface area contributed by atoms with Crippen LogP contribution >= 0.6 is 0 Å². The first-order chi connectivity index (χ1) is 13.3. The van der Waals surface area contributed by atoms with Gasteiger partial charge in [-0.05, 0) is 63.8 Å².